The van der Waals surface area contributed by atoms with Gasteiger partial charge in [-0.05, 0) is 49.2 Å². The van der Waals surface area contributed by atoms with E-state index in [4.69, 9.17) is 9.47 Å². The second-order valence-electron chi connectivity index (χ2n) is 6.26. The minimum Gasteiger partial charge on any atom is -0.494 e. The lowest BCUT2D eigenvalue weighted by Crippen LogP contribution is -2.34. The highest BCUT2D eigenvalue weighted by molar-refractivity contribution is 5.95. The van der Waals surface area contributed by atoms with E-state index in [2.05, 4.69) is 10.6 Å². The van der Waals surface area contributed by atoms with Crippen LogP contribution >= 0.6 is 0 Å². The molecule has 0 saturated heterocycles. The van der Waals surface area contributed by atoms with Crippen LogP contribution in [0.2, 0.25) is 0 Å². The summed E-state index contributed by atoms with van der Waals surface area (Å²) in [5, 5.41) is 5.59. The van der Waals surface area contributed by atoms with Gasteiger partial charge in [-0.25, -0.2) is 0 Å². The Balaban J connectivity index is 1.77. The van der Waals surface area contributed by atoms with E-state index in [1.807, 2.05) is 26.0 Å². The number of ether oxygens (including phenoxy) is 2. The van der Waals surface area contributed by atoms with Crippen molar-refractivity contribution in [1.82, 2.24) is 10.6 Å². The molecule has 0 atom stereocenters. The molecule has 0 bridgehead atoms. The van der Waals surface area contributed by atoms with Crippen LogP contribution in [0, 0.1) is 0 Å². The summed E-state index contributed by atoms with van der Waals surface area (Å²) in [4.78, 5) is 24.5. The van der Waals surface area contributed by atoms with Crippen molar-refractivity contribution in [2.45, 2.75) is 26.7 Å². The second kappa shape index (κ2) is 11.6. The SMILES string of the molecule is CCCOc1cccc(C(=O)NCCNC(=O)c2cccc(OCCC)c2)c1. The third-order valence-electron chi connectivity index (χ3n) is 3.83. The Hall–Kier alpha value is -3.02. The van der Waals surface area contributed by atoms with Crippen LogP contribution in [0.25, 0.3) is 0 Å². The number of rotatable bonds is 11. The summed E-state index contributed by atoms with van der Waals surface area (Å²) in [5.41, 5.74) is 1.06. The number of benzene rings is 2. The third kappa shape index (κ3) is 6.95. The number of hydrogen-bond acceptors (Lipinski definition) is 4. The van der Waals surface area contributed by atoms with E-state index in [1.165, 1.54) is 0 Å². The van der Waals surface area contributed by atoms with Crippen LogP contribution in [-0.4, -0.2) is 38.1 Å². The molecular formula is C22H28N2O4. The molecule has 0 aromatic heterocycles. The zero-order chi connectivity index (χ0) is 20.2. The summed E-state index contributed by atoms with van der Waals surface area (Å²) < 4.78 is 11.1. The van der Waals surface area contributed by atoms with Gasteiger partial charge in [0.2, 0.25) is 0 Å². The summed E-state index contributed by atoms with van der Waals surface area (Å²) in [7, 11) is 0. The van der Waals surface area contributed by atoms with Crippen molar-refractivity contribution in [1.29, 1.82) is 0 Å². The molecule has 0 heterocycles. The van der Waals surface area contributed by atoms with Gasteiger partial charge in [0.05, 0.1) is 13.2 Å². The Morgan fingerprint density at radius 3 is 1.57 bits per heavy atom. The van der Waals surface area contributed by atoms with E-state index in [9.17, 15) is 9.59 Å². The molecule has 0 unspecified atom stereocenters. The van der Waals surface area contributed by atoms with Crippen LogP contribution in [0.15, 0.2) is 48.5 Å². The molecule has 2 aromatic carbocycles. The van der Waals surface area contributed by atoms with E-state index in [-0.39, 0.29) is 11.8 Å². The molecule has 150 valence electrons. The maximum Gasteiger partial charge on any atom is 0.251 e. The van der Waals surface area contributed by atoms with Crippen molar-refractivity contribution < 1.29 is 19.1 Å². The number of amides is 2. The van der Waals surface area contributed by atoms with Gasteiger partial charge in [-0.2, -0.15) is 0 Å². The van der Waals surface area contributed by atoms with Gasteiger partial charge in [0, 0.05) is 24.2 Å². The molecule has 0 spiro atoms. The topological polar surface area (TPSA) is 76.7 Å². The lowest BCUT2D eigenvalue weighted by Gasteiger charge is -2.10. The van der Waals surface area contributed by atoms with Crippen molar-refractivity contribution in [2.75, 3.05) is 26.3 Å². The maximum atomic E-state index is 12.2. The fraction of sp³-hybridized carbons (Fsp3) is 0.364. The van der Waals surface area contributed by atoms with Crippen LogP contribution in [0.3, 0.4) is 0 Å². The molecule has 2 rings (SSSR count). The molecule has 0 fully saturated rings. The lowest BCUT2D eigenvalue weighted by atomic mass is 10.2. The Morgan fingerprint density at radius 1 is 0.750 bits per heavy atom. The molecule has 2 aromatic rings. The van der Waals surface area contributed by atoms with Crippen LogP contribution in [-0.2, 0) is 0 Å². The summed E-state index contributed by atoms with van der Waals surface area (Å²) in [6.45, 7) is 5.94. The van der Waals surface area contributed by atoms with E-state index in [1.54, 1.807) is 36.4 Å². The first-order chi connectivity index (χ1) is 13.6. The third-order valence-corrected chi connectivity index (χ3v) is 3.83. The van der Waals surface area contributed by atoms with E-state index < -0.39 is 0 Å². The molecule has 6 nitrogen and oxygen atoms in total. The lowest BCUT2D eigenvalue weighted by molar-refractivity contribution is 0.0927. The van der Waals surface area contributed by atoms with Gasteiger partial charge < -0.3 is 20.1 Å². The molecule has 0 aliphatic rings. The summed E-state index contributed by atoms with van der Waals surface area (Å²) in [5.74, 6) is 0.943. The molecule has 0 aliphatic carbocycles. The van der Waals surface area contributed by atoms with E-state index in [0.717, 1.165) is 12.8 Å². The summed E-state index contributed by atoms with van der Waals surface area (Å²) >= 11 is 0. The highest BCUT2D eigenvalue weighted by atomic mass is 16.5. The van der Waals surface area contributed by atoms with E-state index in [0.29, 0.717) is 48.9 Å². The van der Waals surface area contributed by atoms with Crippen LogP contribution in [0.1, 0.15) is 47.4 Å². The first-order valence-electron chi connectivity index (χ1n) is 9.66. The van der Waals surface area contributed by atoms with Crippen molar-refractivity contribution >= 4 is 11.8 Å². The number of carbonyl (C=O) groups excluding carboxylic acids is 2. The fourth-order valence-corrected chi connectivity index (χ4v) is 2.45. The molecule has 28 heavy (non-hydrogen) atoms. The van der Waals surface area contributed by atoms with Gasteiger partial charge in [0.25, 0.3) is 11.8 Å². The van der Waals surface area contributed by atoms with Crippen molar-refractivity contribution in [3.63, 3.8) is 0 Å². The number of nitrogens with one attached hydrogen (secondary N) is 2. The normalized spacial score (nSPS) is 10.2. The van der Waals surface area contributed by atoms with Gasteiger partial charge in [-0.15, -0.1) is 0 Å². The Kier molecular flexibility index (Phi) is 8.85. The largest absolute Gasteiger partial charge is 0.494 e. The molecule has 6 heteroatoms. The smallest absolute Gasteiger partial charge is 0.251 e. The van der Waals surface area contributed by atoms with Gasteiger partial charge in [-0.3, -0.25) is 9.59 Å². The molecule has 0 saturated carbocycles. The van der Waals surface area contributed by atoms with Crippen LogP contribution < -0.4 is 20.1 Å². The first-order valence-corrected chi connectivity index (χ1v) is 9.66. The second-order valence-corrected chi connectivity index (χ2v) is 6.26. The van der Waals surface area contributed by atoms with Crippen LogP contribution in [0.5, 0.6) is 11.5 Å². The molecule has 0 radical (unpaired) electrons. The molecule has 2 N–H and O–H groups in total. The summed E-state index contributed by atoms with van der Waals surface area (Å²) in [6.07, 6.45) is 1.81. The van der Waals surface area contributed by atoms with Crippen molar-refractivity contribution in [2.24, 2.45) is 0 Å². The van der Waals surface area contributed by atoms with Crippen molar-refractivity contribution in [3.05, 3.63) is 59.7 Å². The summed E-state index contributed by atoms with van der Waals surface area (Å²) in [6, 6.07) is 14.1. The molecular weight excluding hydrogens is 356 g/mol. The maximum absolute atomic E-state index is 12.2. The van der Waals surface area contributed by atoms with Gasteiger partial charge in [0.1, 0.15) is 11.5 Å². The highest BCUT2D eigenvalue weighted by Gasteiger charge is 2.08. The Morgan fingerprint density at radius 2 is 1.18 bits per heavy atom. The van der Waals surface area contributed by atoms with E-state index >= 15 is 0 Å². The Labute approximate surface area is 166 Å². The number of carbonyl (C=O) groups is 2. The zero-order valence-corrected chi connectivity index (χ0v) is 16.5. The fourth-order valence-electron chi connectivity index (χ4n) is 2.45. The van der Waals surface area contributed by atoms with Crippen LogP contribution in [0.4, 0.5) is 0 Å². The zero-order valence-electron chi connectivity index (χ0n) is 16.5. The first kappa shape index (κ1) is 21.3. The molecule has 0 aliphatic heterocycles. The quantitative estimate of drug-likeness (QED) is 0.582. The Bertz CT molecular complexity index is 711. The molecule has 2 amide bonds. The van der Waals surface area contributed by atoms with Gasteiger partial charge in [0.15, 0.2) is 0 Å². The average molecular weight is 384 g/mol. The minimum absolute atomic E-state index is 0.203. The van der Waals surface area contributed by atoms with Gasteiger partial charge in [-0.1, -0.05) is 26.0 Å². The predicted octanol–water partition coefficient (Wildman–Crippen LogP) is 3.42. The average Bonchev–Trinajstić information content (AvgIpc) is 2.73. The highest BCUT2D eigenvalue weighted by Crippen LogP contribution is 2.14. The minimum atomic E-state index is -0.203. The number of hydrogen-bond donors (Lipinski definition) is 2. The van der Waals surface area contributed by atoms with Gasteiger partial charge >= 0.3 is 0 Å². The monoisotopic (exact) mass is 384 g/mol. The van der Waals surface area contributed by atoms with Crippen molar-refractivity contribution in [3.8, 4) is 11.5 Å². The predicted molar refractivity (Wildman–Crippen MR) is 109 cm³/mol. The standard InChI is InChI=1S/C22H28N2O4/c1-3-13-27-19-9-5-7-17(15-19)21(25)23-11-12-24-22(26)18-8-6-10-20(16-18)28-14-4-2/h5-10,15-16H,3-4,11-14H2,1-2H3,(H,23,25)(H,24,26).